The van der Waals surface area contributed by atoms with Crippen molar-refractivity contribution >= 4 is 5.91 Å². The highest BCUT2D eigenvalue weighted by molar-refractivity contribution is 5.92. The monoisotopic (exact) mass is 368 g/mol. The molecule has 0 aliphatic carbocycles. The molecule has 0 aliphatic rings. The van der Waals surface area contributed by atoms with Crippen molar-refractivity contribution in [1.29, 1.82) is 0 Å². The van der Waals surface area contributed by atoms with E-state index in [1.807, 2.05) is 13.8 Å². The van der Waals surface area contributed by atoms with Crippen LogP contribution in [0.4, 0.5) is 13.2 Å². The molecule has 1 amide bonds. The third-order valence-electron chi connectivity index (χ3n) is 3.19. The average molecular weight is 368 g/mol. The molecule has 1 aromatic carbocycles. The standard InChI is InChI=1S/C18H19F3N2O3/c1-12(2)9-23-17(24)16-8-3-13(10-22-16)11-25-14-4-6-15(7-5-14)26-18(19,20)21/h3-8,10,12H,9,11H2,1-2H3,(H,23,24). The summed E-state index contributed by atoms with van der Waals surface area (Å²) in [4.78, 5) is 16.0. The number of amides is 1. The molecule has 2 aromatic rings. The lowest BCUT2D eigenvalue weighted by atomic mass is 10.2. The van der Waals surface area contributed by atoms with Gasteiger partial charge in [0.1, 0.15) is 23.8 Å². The van der Waals surface area contributed by atoms with Gasteiger partial charge in [0, 0.05) is 18.3 Å². The Balaban J connectivity index is 1.86. The van der Waals surface area contributed by atoms with Crippen LogP contribution >= 0.6 is 0 Å². The number of ether oxygens (including phenoxy) is 2. The lowest BCUT2D eigenvalue weighted by molar-refractivity contribution is -0.274. The van der Waals surface area contributed by atoms with Crippen molar-refractivity contribution in [2.24, 2.45) is 5.92 Å². The Kier molecular flexibility index (Phi) is 6.43. The SMILES string of the molecule is CC(C)CNC(=O)c1ccc(COc2ccc(OC(F)(F)F)cc2)cn1. The first-order chi connectivity index (χ1) is 12.2. The highest BCUT2D eigenvalue weighted by Crippen LogP contribution is 2.25. The zero-order valence-corrected chi connectivity index (χ0v) is 14.3. The molecule has 0 saturated heterocycles. The third-order valence-corrected chi connectivity index (χ3v) is 3.19. The smallest absolute Gasteiger partial charge is 0.489 e. The van der Waals surface area contributed by atoms with E-state index in [0.717, 1.165) is 5.56 Å². The summed E-state index contributed by atoms with van der Waals surface area (Å²) in [7, 11) is 0. The molecule has 0 saturated carbocycles. The zero-order valence-electron chi connectivity index (χ0n) is 14.3. The minimum atomic E-state index is -4.72. The molecule has 8 heteroatoms. The summed E-state index contributed by atoms with van der Waals surface area (Å²) in [5.74, 6) is 0.174. The maximum absolute atomic E-state index is 12.1. The molecule has 2 rings (SSSR count). The molecule has 1 aromatic heterocycles. The van der Waals surface area contributed by atoms with Crippen LogP contribution in [0.2, 0.25) is 0 Å². The number of halogens is 3. The van der Waals surface area contributed by atoms with E-state index in [0.29, 0.717) is 23.9 Å². The first-order valence-corrected chi connectivity index (χ1v) is 7.94. The molecule has 0 unspecified atom stereocenters. The normalized spacial score (nSPS) is 11.3. The fourth-order valence-electron chi connectivity index (χ4n) is 1.94. The summed E-state index contributed by atoms with van der Waals surface area (Å²) in [5, 5.41) is 2.77. The lowest BCUT2D eigenvalue weighted by Gasteiger charge is -2.10. The van der Waals surface area contributed by atoms with E-state index in [-0.39, 0.29) is 18.3 Å². The van der Waals surface area contributed by atoms with Gasteiger partial charge < -0.3 is 14.8 Å². The molecular weight excluding hydrogens is 349 g/mol. The van der Waals surface area contributed by atoms with Gasteiger partial charge in [0.15, 0.2) is 0 Å². The van der Waals surface area contributed by atoms with Gasteiger partial charge >= 0.3 is 6.36 Å². The molecule has 140 valence electrons. The number of pyridine rings is 1. The Hall–Kier alpha value is -2.77. The zero-order chi connectivity index (χ0) is 19.2. The van der Waals surface area contributed by atoms with E-state index in [4.69, 9.17) is 4.74 Å². The quantitative estimate of drug-likeness (QED) is 0.804. The second-order valence-corrected chi connectivity index (χ2v) is 5.96. The number of alkyl halides is 3. The Bertz CT molecular complexity index is 714. The summed E-state index contributed by atoms with van der Waals surface area (Å²) in [5.41, 5.74) is 1.03. The number of rotatable bonds is 7. The largest absolute Gasteiger partial charge is 0.573 e. The van der Waals surface area contributed by atoms with Crippen LogP contribution in [-0.4, -0.2) is 23.8 Å². The first-order valence-electron chi connectivity index (χ1n) is 7.94. The van der Waals surface area contributed by atoms with E-state index in [9.17, 15) is 18.0 Å². The van der Waals surface area contributed by atoms with Gasteiger partial charge in [-0.1, -0.05) is 19.9 Å². The second-order valence-electron chi connectivity index (χ2n) is 5.96. The number of hydrogen-bond acceptors (Lipinski definition) is 4. The fraction of sp³-hybridized carbons (Fsp3) is 0.333. The van der Waals surface area contributed by atoms with Crippen LogP contribution in [0.3, 0.4) is 0 Å². The number of carbonyl (C=O) groups excluding carboxylic acids is 1. The minimum Gasteiger partial charge on any atom is -0.489 e. The van der Waals surface area contributed by atoms with Crippen LogP contribution < -0.4 is 14.8 Å². The van der Waals surface area contributed by atoms with E-state index in [1.165, 1.54) is 30.5 Å². The van der Waals surface area contributed by atoms with Gasteiger partial charge in [-0.15, -0.1) is 13.2 Å². The van der Waals surface area contributed by atoms with E-state index in [2.05, 4.69) is 15.0 Å². The number of nitrogens with zero attached hydrogens (tertiary/aromatic N) is 1. The molecule has 0 fully saturated rings. The number of aromatic nitrogens is 1. The maximum Gasteiger partial charge on any atom is 0.573 e. The van der Waals surface area contributed by atoms with Crippen LogP contribution in [-0.2, 0) is 6.61 Å². The molecule has 1 N–H and O–H groups in total. The molecule has 5 nitrogen and oxygen atoms in total. The number of hydrogen-bond donors (Lipinski definition) is 1. The van der Waals surface area contributed by atoms with Crippen LogP contribution in [0.25, 0.3) is 0 Å². The average Bonchev–Trinajstić information content (AvgIpc) is 2.58. The van der Waals surface area contributed by atoms with Crippen molar-refractivity contribution in [1.82, 2.24) is 10.3 Å². The topological polar surface area (TPSA) is 60.5 Å². The van der Waals surface area contributed by atoms with Gasteiger partial charge in [-0.05, 0) is 36.2 Å². The van der Waals surface area contributed by atoms with Crippen LogP contribution in [0.5, 0.6) is 11.5 Å². The molecule has 0 aliphatic heterocycles. The van der Waals surface area contributed by atoms with Crippen molar-refractivity contribution < 1.29 is 27.4 Å². The highest BCUT2D eigenvalue weighted by atomic mass is 19.4. The van der Waals surface area contributed by atoms with E-state index < -0.39 is 6.36 Å². The number of carbonyl (C=O) groups is 1. The van der Waals surface area contributed by atoms with Crippen molar-refractivity contribution in [3.63, 3.8) is 0 Å². The van der Waals surface area contributed by atoms with Crippen molar-refractivity contribution in [2.75, 3.05) is 6.54 Å². The number of benzene rings is 1. The Labute approximate surface area is 149 Å². The van der Waals surface area contributed by atoms with Gasteiger partial charge in [-0.25, -0.2) is 0 Å². The predicted octanol–water partition coefficient (Wildman–Crippen LogP) is 3.95. The molecule has 1 heterocycles. The van der Waals surface area contributed by atoms with Gasteiger partial charge in [0.25, 0.3) is 5.91 Å². The summed E-state index contributed by atoms with van der Waals surface area (Å²) in [6.45, 7) is 4.73. The Morgan fingerprint density at radius 2 is 1.77 bits per heavy atom. The number of nitrogens with one attached hydrogen (secondary N) is 1. The highest BCUT2D eigenvalue weighted by Gasteiger charge is 2.30. The van der Waals surface area contributed by atoms with Crippen LogP contribution in [0.1, 0.15) is 29.9 Å². The molecule has 0 radical (unpaired) electrons. The first kappa shape index (κ1) is 19.6. The van der Waals surface area contributed by atoms with Crippen LogP contribution in [0.15, 0.2) is 42.6 Å². The van der Waals surface area contributed by atoms with Crippen molar-refractivity contribution in [2.45, 2.75) is 26.8 Å². The second kappa shape index (κ2) is 8.55. The van der Waals surface area contributed by atoms with E-state index >= 15 is 0 Å². The summed E-state index contributed by atoms with van der Waals surface area (Å²) < 4.78 is 45.6. The maximum atomic E-state index is 12.1. The molecule has 0 bridgehead atoms. The molecular formula is C18H19F3N2O3. The summed E-state index contributed by atoms with van der Waals surface area (Å²) in [6.07, 6.45) is -3.21. The van der Waals surface area contributed by atoms with Gasteiger partial charge in [0.2, 0.25) is 0 Å². The molecule has 0 atom stereocenters. The minimum absolute atomic E-state index is 0.167. The van der Waals surface area contributed by atoms with Crippen molar-refractivity contribution in [3.05, 3.63) is 53.9 Å². The van der Waals surface area contributed by atoms with E-state index in [1.54, 1.807) is 12.1 Å². The lowest BCUT2D eigenvalue weighted by Crippen LogP contribution is -2.28. The Morgan fingerprint density at radius 1 is 1.12 bits per heavy atom. The summed E-state index contributed by atoms with van der Waals surface area (Å²) >= 11 is 0. The fourth-order valence-corrected chi connectivity index (χ4v) is 1.94. The third kappa shape index (κ3) is 6.62. The molecule has 26 heavy (non-hydrogen) atoms. The van der Waals surface area contributed by atoms with Crippen molar-refractivity contribution in [3.8, 4) is 11.5 Å². The molecule has 0 spiro atoms. The van der Waals surface area contributed by atoms with Gasteiger partial charge in [-0.3, -0.25) is 9.78 Å². The van der Waals surface area contributed by atoms with Crippen LogP contribution in [0, 0.1) is 5.92 Å². The predicted molar refractivity (Wildman–Crippen MR) is 88.9 cm³/mol. The van der Waals surface area contributed by atoms with Gasteiger partial charge in [0.05, 0.1) is 0 Å². The Morgan fingerprint density at radius 3 is 2.31 bits per heavy atom. The summed E-state index contributed by atoms with van der Waals surface area (Å²) in [6, 6.07) is 8.39. The van der Waals surface area contributed by atoms with Gasteiger partial charge in [-0.2, -0.15) is 0 Å².